The molecule has 3 rings (SSSR count). The predicted molar refractivity (Wildman–Crippen MR) is 155 cm³/mol. The molecule has 0 spiro atoms. The second kappa shape index (κ2) is 13.2. The summed E-state index contributed by atoms with van der Waals surface area (Å²) in [6.07, 6.45) is 2.54. The van der Waals surface area contributed by atoms with Crippen molar-refractivity contribution in [2.24, 2.45) is 23.2 Å². The molecule has 0 unspecified atom stereocenters. The fourth-order valence-corrected chi connectivity index (χ4v) is 6.17. The largest absolute Gasteiger partial charge is 0.461 e. The Kier molecular flexibility index (Phi) is 10.4. The van der Waals surface area contributed by atoms with Gasteiger partial charge in [-0.2, -0.15) is 0 Å². The molecule has 42 heavy (non-hydrogen) atoms. The maximum Gasteiger partial charge on any atom is 0.338 e. The minimum atomic E-state index is -1.63. The van der Waals surface area contributed by atoms with Gasteiger partial charge in [0.15, 0.2) is 0 Å². The average Bonchev–Trinajstić information content (AvgIpc) is 3.13. The number of carbonyl (C=O) groups excluding carboxylic acids is 4. The Morgan fingerprint density at radius 1 is 0.881 bits per heavy atom. The summed E-state index contributed by atoms with van der Waals surface area (Å²) in [5, 5.41) is 12.5. The van der Waals surface area contributed by atoms with E-state index in [1.807, 2.05) is 39.8 Å². The summed E-state index contributed by atoms with van der Waals surface area (Å²) in [6.45, 7) is 13.2. The van der Waals surface area contributed by atoms with Crippen LogP contribution in [-0.4, -0.2) is 59.0 Å². The van der Waals surface area contributed by atoms with Crippen LogP contribution in [0.3, 0.4) is 0 Å². The first-order valence-corrected chi connectivity index (χ1v) is 14.4. The number of rotatable bonds is 5. The lowest BCUT2D eigenvalue weighted by atomic mass is 9.75. The standard InChI is InChI=1S/C33H44O9/c1-19-14-15-32(7,8)28(40-23(5)35)17-27(39-22(4)34)20(2)16-26-29(42-31(37)25-12-10-9-11-13-25)21(3)18-33(26,38)30(19)41-24(6)36/h9-16,19,21,26-30,38H,17-18H2,1-8H3/b15-14+,20-16+/t19-,21-,26-,27+,28+,29-,30-,33+/m0/s1. The van der Waals surface area contributed by atoms with Gasteiger partial charge in [-0.25, -0.2) is 4.79 Å². The minimum Gasteiger partial charge on any atom is -0.461 e. The Bertz CT molecular complexity index is 1220. The molecule has 1 aromatic carbocycles. The van der Waals surface area contributed by atoms with Gasteiger partial charge in [0.1, 0.15) is 30.0 Å². The lowest BCUT2D eigenvalue weighted by molar-refractivity contribution is -0.173. The lowest BCUT2D eigenvalue weighted by Gasteiger charge is -2.41. The third-order valence-corrected chi connectivity index (χ3v) is 8.31. The van der Waals surface area contributed by atoms with E-state index in [1.165, 1.54) is 20.8 Å². The van der Waals surface area contributed by atoms with Crippen LogP contribution in [0.4, 0.5) is 0 Å². The third-order valence-electron chi connectivity index (χ3n) is 8.31. The fourth-order valence-electron chi connectivity index (χ4n) is 6.17. The first-order chi connectivity index (χ1) is 19.5. The highest BCUT2D eigenvalue weighted by Gasteiger charge is 2.58. The molecule has 1 fully saturated rings. The van der Waals surface area contributed by atoms with E-state index < -0.39 is 71.1 Å². The van der Waals surface area contributed by atoms with Gasteiger partial charge in [-0.1, -0.05) is 64.1 Å². The number of hydrogen-bond acceptors (Lipinski definition) is 9. The van der Waals surface area contributed by atoms with Crippen molar-refractivity contribution in [3.63, 3.8) is 0 Å². The monoisotopic (exact) mass is 584 g/mol. The molecule has 0 saturated heterocycles. The number of ether oxygens (including phenoxy) is 4. The second-order valence-corrected chi connectivity index (χ2v) is 12.3. The highest BCUT2D eigenvalue weighted by molar-refractivity contribution is 5.89. The van der Waals surface area contributed by atoms with Gasteiger partial charge in [0.05, 0.1) is 5.56 Å². The molecule has 9 nitrogen and oxygen atoms in total. The van der Waals surface area contributed by atoms with Gasteiger partial charge >= 0.3 is 23.9 Å². The highest BCUT2D eigenvalue weighted by Crippen LogP contribution is 2.48. The molecule has 0 aromatic heterocycles. The van der Waals surface area contributed by atoms with Gasteiger partial charge in [-0.05, 0) is 37.0 Å². The van der Waals surface area contributed by atoms with Crippen molar-refractivity contribution in [1.29, 1.82) is 0 Å². The maximum atomic E-state index is 13.2. The van der Waals surface area contributed by atoms with Crippen molar-refractivity contribution >= 4 is 23.9 Å². The number of fused-ring (bicyclic) bond motifs is 1. The zero-order chi connectivity index (χ0) is 31.4. The lowest BCUT2D eigenvalue weighted by Crippen LogP contribution is -2.52. The molecule has 0 bridgehead atoms. The molecule has 2 aliphatic carbocycles. The third kappa shape index (κ3) is 7.68. The molecule has 1 N–H and O–H groups in total. The van der Waals surface area contributed by atoms with Crippen molar-refractivity contribution in [2.75, 3.05) is 0 Å². The van der Waals surface area contributed by atoms with Crippen molar-refractivity contribution in [2.45, 2.75) is 98.2 Å². The Morgan fingerprint density at radius 3 is 2.05 bits per heavy atom. The van der Waals surface area contributed by atoms with Gasteiger partial charge in [0, 0.05) is 44.4 Å². The minimum absolute atomic E-state index is 0.162. The van der Waals surface area contributed by atoms with E-state index in [0.717, 1.165) is 0 Å². The van der Waals surface area contributed by atoms with Gasteiger partial charge in [-0.3, -0.25) is 14.4 Å². The summed E-state index contributed by atoms with van der Waals surface area (Å²) in [7, 11) is 0. The predicted octanol–water partition coefficient (Wildman–Crippen LogP) is 4.96. The van der Waals surface area contributed by atoms with Gasteiger partial charge in [0.25, 0.3) is 0 Å². The zero-order valence-electron chi connectivity index (χ0n) is 25.8. The summed E-state index contributed by atoms with van der Waals surface area (Å²) >= 11 is 0. The SMILES string of the molecule is CC(=O)O[C@@H]1C[C@@H](OC(C)=O)C(C)(C)/C=C/[C@H](C)[C@H](OC(C)=O)[C@@]2(O)C[C@H](C)[C@H](OC(=O)c3ccccc3)[C@@H]2/C=C/1C. The molecular formula is C33H44O9. The van der Waals surface area contributed by atoms with E-state index in [4.69, 9.17) is 18.9 Å². The summed E-state index contributed by atoms with van der Waals surface area (Å²) in [6, 6.07) is 8.57. The van der Waals surface area contributed by atoms with Crippen LogP contribution < -0.4 is 0 Å². The van der Waals surface area contributed by atoms with Crippen LogP contribution in [0.2, 0.25) is 0 Å². The number of esters is 4. The molecule has 8 atom stereocenters. The molecule has 9 heteroatoms. The van der Waals surface area contributed by atoms with Gasteiger partial charge < -0.3 is 24.1 Å². The Morgan fingerprint density at radius 2 is 1.48 bits per heavy atom. The molecule has 0 amide bonds. The van der Waals surface area contributed by atoms with E-state index in [1.54, 1.807) is 43.3 Å². The summed E-state index contributed by atoms with van der Waals surface area (Å²) in [4.78, 5) is 49.9. The molecule has 0 aliphatic heterocycles. The molecule has 1 aromatic rings. The molecule has 1 saturated carbocycles. The van der Waals surface area contributed by atoms with Crippen LogP contribution in [0.5, 0.6) is 0 Å². The van der Waals surface area contributed by atoms with E-state index in [0.29, 0.717) is 11.1 Å². The van der Waals surface area contributed by atoms with Crippen LogP contribution in [0.1, 0.15) is 78.6 Å². The number of hydrogen-bond donors (Lipinski definition) is 1. The fraction of sp³-hybridized carbons (Fsp3) is 0.576. The normalized spacial score (nSPS) is 34.7. The Hall–Kier alpha value is -3.46. The van der Waals surface area contributed by atoms with Gasteiger partial charge in [-0.15, -0.1) is 0 Å². The first-order valence-electron chi connectivity index (χ1n) is 14.4. The summed E-state index contributed by atoms with van der Waals surface area (Å²) < 4.78 is 23.3. The molecule has 2 aliphatic rings. The maximum absolute atomic E-state index is 13.2. The Balaban J connectivity index is 2.20. The molecule has 0 heterocycles. The highest BCUT2D eigenvalue weighted by atomic mass is 16.6. The second-order valence-electron chi connectivity index (χ2n) is 12.3. The summed E-state index contributed by atoms with van der Waals surface area (Å²) in [5.41, 5.74) is -1.39. The quantitative estimate of drug-likeness (QED) is 0.290. The van der Waals surface area contributed by atoms with Crippen molar-refractivity contribution < 1.29 is 43.2 Å². The van der Waals surface area contributed by atoms with Crippen LogP contribution in [0.15, 0.2) is 54.1 Å². The van der Waals surface area contributed by atoms with Crippen LogP contribution in [-0.2, 0) is 33.3 Å². The topological polar surface area (TPSA) is 125 Å². The van der Waals surface area contributed by atoms with Gasteiger partial charge in [0.2, 0.25) is 0 Å². The Labute approximate surface area is 248 Å². The number of carbonyl (C=O) groups is 4. The summed E-state index contributed by atoms with van der Waals surface area (Å²) in [5.74, 6) is -3.71. The van der Waals surface area contributed by atoms with Crippen LogP contribution in [0, 0.1) is 23.2 Å². The molecule has 230 valence electrons. The van der Waals surface area contributed by atoms with Crippen molar-refractivity contribution in [3.8, 4) is 0 Å². The number of aliphatic hydroxyl groups is 1. The van der Waals surface area contributed by atoms with Crippen LogP contribution in [0.25, 0.3) is 0 Å². The zero-order valence-corrected chi connectivity index (χ0v) is 25.8. The van der Waals surface area contributed by atoms with Crippen molar-refractivity contribution in [3.05, 3.63) is 59.7 Å². The molecular weight excluding hydrogens is 540 g/mol. The van der Waals surface area contributed by atoms with E-state index in [-0.39, 0.29) is 18.8 Å². The average molecular weight is 585 g/mol. The first kappa shape index (κ1) is 33.0. The van der Waals surface area contributed by atoms with Crippen molar-refractivity contribution in [1.82, 2.24) is 0 Å². The number of benzene rings is 1. The van der Waals surface area contributed by atoms with E-state index in [9.17, 15) is 24.3 Å². The van der Waals surface area contributed by atoms with E-state index in [2.05, 4.69) is 0 Å². The van der Waals surface area contributed by atoms with Crippen LogP contribution >= 0.6 is 0 Å². The smallest absolute Gasteiger partial charge is 0.338 e. The van der Waals surface area contributed by atoms with E-state index >= 15 is 0 Å². The molecule has 0 radical (unpaired) electrons.